The third-order valence-corrected chi connectivity index (χ3v) is 3.91. The third-order valence-electron chi connectivity index (χ3n) is 2.74. The van der Waals surface area contributed by atoms with Crippen LogP contribution >= 0.6 is 10.7 Å². The molecule has 2 aromatic rings. The lowest BCUT2D eigenvalue weighted by molar-refractivity contribution is 0.606. The maximum absolute atomic E-state index is 11.3. The van der Waals surface area contributed by atoms with Crippen molar-refractivity contribution >= 4 is 19.7 Å². The van der Waals surface area contributed by atoms with E-state index in [2.05, 4.69) is 9.97 Å². The van der Waals surface area contributed by atoms with Crippen LogP contribution in [0.1, 0.15) is 24.0 Å². The number of rotatable bonds is 4. The molecule has 0 aliphatic carbocycles. The number of nitrogens with zero attached hydrogens (tertiary/aromatic N) is 4. The molecule has 0 aliphatic heterocycles. The second kappa shape index (κ2) is 5.61. The summed E-state index contributed by atoms with van der Waals surface area (Å²) in [6.45, 7) is 2.18. The van der Waals surface area contributed by atoms with Gasteiger partial charge in [-0.25, -0.2) is 18.4 Å². The molecule has 104 valence electrons. The molecule has 2 rings (SSSR count). The summed E-state index contributed by atoms with van der Waals surface area (Å²) in [6, 6.07) is 5.49. The van der Waals surface area contributed by atoms with Crippen LogP contribution in [0.15, 0.2) is 29.6 Å². The van der Waals surface area contributed by atoms with Gasteiger partial charge >= 0.3 is 0 Å². The Bertz CT molecular complexity index is 777. The van der Waals surface area contributed by atoms with Gasteiger partial charge in [-0.05, 0) is 6.07 Å². The second-order valence-corrected chi connectivity index (χ2v) is 6.55. The van der Waals surface area contributed by atoms with E-state index >= 15 is 0 Å². The lowest BCUT2D eigenvalue weighted by atomic mass is 10.2. The van der Waals surface area contributed by atoms with Crippen molar-refractivity contribution in [3.8, 4) is 6.07 Å². The van der Waals surface area contributed by atoms with Crippen molar-refractivity contribution < 1.29 is 8.42 Å². The number of halogens is 1. The maximum Gasteiger partial charge on any atom is 0.280 e. The van der Waals surface area contributed by atoms with E-state index in [-0.39, 0.29) is 5.03 Å². The molecule has 0 saturated carbocycles. The van der Waals surface area contributed by atoms with Crippen LogP contribution in [0.3, 0.4) is 0 Å². The van der Waals surface area contributed by atoms with Crippen LogP contribution in [0.2, 0.25) is 0 Å². The number of hydrogen-bond donors (Lipinski definition) is 0. The van der Waals surface area contributed by atoms with E-state index in [4.69, 9.17) is 15.9 Å². The fourth-order valence-electron chi connectivity index (χ4n) is 1.82. The first-order chi connectivity index (χ1) is 9.45. The van der Waals surface area contributed by atoms with Crippen LogP contribution in [0.4, 0.5) is 0 Å². The minimum Gasteiger partial charge on any atom is -0.329 e. The molecule has 2 aromatic heterocycles. The normalized spacial score (nSPS) is 11.2. The molecule has 8 heteroatoms. The standard InChI is InChI=1S/C12H11ClN4O2S/c1-2-11-16-12(20(13,18)19)8-17(11)7-9-4-3-5-15-10(9)6-14/h3-5,8H,2,7H2,1H3. The predicted molar refractivity (Wildman–Crippen MR) is 72.7 cm³/mol. The topological polar surface area (TPSA) is 88.6 Å². The molecule has 0 spiro atoms. The Balaban J connectivity index is 2.44. The summed E-state index contributed by atoms with van der Waals surface area (Å²) in [5.74, 6) is 0.581. The Morgan fingerprint density at radius 2 is 2.25 bits per heavy atom. The van der Waals surface area contributed by atoms with Gasteiger partial charge in [-0.2, -0.15) is 5.26 Å². The quantitative estimate of drug-likeness (QED) is 0.802. The highest BCUT2D eigenvalue weighted by atomic mass is 35.7. The summed E-state index contributed by atoms with van der Waals surface area (Å²) >= 11 is 0. The zero-order valence-corrected chi connectivity index (χ0v) is 12.2. The number of aromatic nitrogens is 3. The van der Waals surface area contributed by atoms with E-state index in [0.29, 0.717) is 30.0 Å². The number of aryl methyl sites for hydroxylation is 1. The summed E-state index contributed by atoms with van der Waals surface area (Å²) in [5.41, 5.74) is 0.999. The third kappa shape index (κ3) is 2.98. The van der Waals surface area contributed by atoms with Crippen molar-refractivity contribution in [1.82, 2.24) is 14.5 Å². The molecule has 0 aromatic carbocycles. The van der Waals surface area contributed by atoms with E-state index in [0.717, 1.165) is 0 Å². The van der Waals surface area contributed by atoms with Crippen molar-refractivity contribution in [2.75, 3.05) is 0 Å². The van der Waals surface area contributed by atoms with Gasteiger partial charge in [0.15, 0.2) is 5.03 Å². The van der Waals surface area contributed by atoms with E-state index in [9.17, 15) is 8.42 Å². The summed E-state index contributed by atoms with van der Waals surface area (Å²) in [7, 11) is 1.43. The zero-order valence-electron chi connectivity index (χ0n) is 10.6. The van der Waals surface area contributed by atoms with Gasteiger partial charge in [0.25, 0.3) is 9.05 Å². The Morgan fingerprint density at radius 3 is 2.85 bits per heavy atom. The van der Waals surface area contributed by atoms with Gasteiger partial charge in [0.05, 0.1) is 6.54 Å². The van der Waals surface area contributed by atoms with Gasteiger partial charge in [0.2, 0.25) is 0 Å². The summed E-state index contributed by atoms with van der Waals surface area (Å²) in [6.07, 6.45) is 3.45. The van der Waals surface area contributed by atoms with Gasteiger partial charge in [0.1, 0.15) is 17.6 Å². The van der Waals surface area contributed by atoms with Crippen molar-refractivity contribution in [3.05, 3.63) is 41.6 Å². The Labute approximate surface area is 121 Å². The average Bonchev–Trinajstić information content (AvgIpc) is 2.82. The molecule has 0 amide bonds. The Morgan fingerprint density at radius 1 is 1.50 bits per heavy atom. The van der Waals surface area contributed by atoms with Crippen molar-refractivity contribution in [2.24, 2.45) is 0 Å². The number of nitriles is 1. The van der Waals surface area contributed by atoms with Gasteiger partial charge in [-0.15, -0.1) is 0 Å². The highest BCUT2D eigenvalue weighted by Crippen LogP contribution is 2.17. The zero-order chi connectivity index (χ0) is 14.8. The lowest BCUT2D eigenvalue weighted by Gasteiger charge is -2.06. The molecular formula is C12H11ClN4O2S. The maximum atomic E-state index is 11.3. The SMILES string of the molecule is CCc1nc(S(=O)(=O)Cl)cn1Cc1cccnc1C#N. The van der Waals surface area contributed by atoms with Crippen molar-refractivity contribution in [1.29, 1.82) is 5.26 Å². The van der Waals surface area contributed by atoms with Crippen LogP contribution in [0, 0.1) is 11.3 Å². The number of imidazole rings is 1. The fraction of sp³-hybridized carbons (Fsp3) is 0.250. The molecule has 2 heterocycles. The summed E-state index contributed by atoms with van der Waals surface area (Å²) in [4.78, 5) is 7.96. The monoisotopic (exact) mass is 310 g/mol. The second-order valence-electron chi connectivity index (χ2n) is 4.04. The van der Waals surface area contributed by atoms with E-state index in [1.165, 1.54) is 12.4 Å². The molecule has 0 aliphatic rings. The minimum absolute atomic E-state index is 0.182. The fourth-order valence-corrected chi connectivity index (χ4v) is 2.51. The Hall–Kier alpha value is -1.91. The smallest absolute Gasteiger partial charge is 0.280 e. The van der Waals surface area contributed by atoms with Gasteiger partial charge in [-0.1, -0.05) is 13.0 Å². The molecule has 0 unspecified atom stereocenters. The molecule has 0 atom stereocenters. The van der Waals surface area contributed by atoms with Crippen molar-refractivity contribution in [2.45, 2.75) is 24.9 Å². The molecule has 0 radical (unpaired) electrons. The van der Waals surface area contributed by atoms with Crippen LogP contribution < -0.4 is 0 Å². The van der Waals surface area contributed by atoms with Gasteiger partial charge in [0, 0.05) is 35.1 Å². The highest BCUT2D eigenvalue weighted by Gasteiger charge is 2.17. The molecule has 0 fully saturated rings. The Kier molecular flexibility index (Phi) is 4.06. The lowest BCUT2D eigenvalue weighted by Crippen LogP contribution is -2.05. The van der Waals surface area contributed by atoms with E-state index in [1.807, 2.05) is 13.0 Å². The number of hydrogen-bond acceptors (Lipinski definition) is 5. The summed E-state index contributed by atoms with van der Waals surface area (Å²) < 4.78 is 24.3. The van der Waals surface area contributed by atoms with Crippen LogP contribution in [-0.2, 0) is 22.0 Å². The van der Waals surface area contributed by atoms with Crippen LogP contribution in [0.25, 0.3) is 0 Å². The molecular weight excluding hydrogens is 300 g/mol. The summed E-state index contributed by atoms with van der Waals surface area (Å²) in [5, 5.41) is 8.82. The van der Waals surface area contributed by atoms with E-state index < -0.39 is 9.05 Å². The van der Waals surface area contributed by atoms with Crippen LogP contribution in [-0.4, -0.2) is 23.0 Å². The number of pyridine rings is 1. The van der Waals surface area contributed by atoms with Gasteiger partial charge < -0.3 is 4.57 Å². The highest BCUT2D eigenvalue weighted by molar-refractivity contribution is 8.13. The molecule has 6 nitrogen and oxygen atoms in total. The van der Waals surface area contributed by atoms with Crippen molar-refractivity contribution in [3.63, 3.8) is 0 Å². The predicted octanol–water partition coefficient (Wildman–Crippen LogP) is 1.69. The van der Waals surface area contributed by atoms with Gasteiger partial charge in [-0.3, -0.25) is 0 Å². The minimum atomic E-state index is -3.86. The van der Waals surface area contributed by atoms with Crippen LogP contribution in [0.5, 0.6) is 0 Å². The largest absolute Gasteiger partial charge is 0.329 e. The average molecular weight is 311 g/mol. The molecule has 0 saturated heterocycles. The molecule has 20 heavy (non-hydrogen) atoms. The van der Waals surface area contributed by atoms with E-state index in [1.54, 1.807) is 16.7 Å². The first kappa shape index (κ1) is 14.5. The first-order valence-electron chi connectivity index (χ1n) is 5.80. The first-order valence-corrected chi connectivity index (χ1v) is 8.11. The molecule has 0 bridgehead atoms. The molecule has 0 N–H and O–H groups in total.